The zero-order valence-electron chi connectivity index (χ0n) is 12.9. The minimum atomic E-state index is -0.309. The van der Waals surface area contributed by atoms with Gasteiger partial charge in [-0.15, -0.1) is 0 Å². The molecular formula is C17H23NO3. The molecule has 0 spiro atoms. The van der Waals surface area contributed by atoms with Gasteiger partial charge in [0.15, 0.2) is 11.5 Å². The van der Waals surface area contributed by atoms with Crippen LogP contribution >= 0.6 is 0 Å². The number of benzene rings is 1. The molecule has 2 fully saturated rings. The molecule has 0 unspecified atom stereocenters. The lowest BCUT2D eigenvalue weighted by molar-refractivity contribution is -0.134. The Labute approximate surface area is 126 Å². The average Bonchev–Trinajstić information content (AvgIpc) is 3.36. The summed E-state index contributed by atoms with van der Waals surface area (Å²) < 4.78 is 10.7. The van der Waals surface area contributed by atoms with Gasteiger partial charge >= 0.3 is 0 Å². The summed E-state index contributed by atoms with van der Waals surface area (Å²) in [5.74, 6) is 1.71. The molecular weight excluding hydrogens is 266 g/mol. The fourth-order valence-electron chi connectivity index (χ4n) is 3.28. The van der Waals surface area contributed by atoms with Crippen molar-refractivity contribution < 1.29 is 14.3 Å². The minimum Gasteiger partial charge on any atom is -0.493 e. The van der Waals surface area contributed by atoms with E-state index in [0.29, 0.717) is 17.4 Å². The summed E-state index contributed by atoms with van der Waals surface area (Å²) >= 11 is 0. The van der Waals surface area contributed by atoms with Gasteiger partial charge in [-0.1, -0.05) is 6.07 Å². The Kier molecular flexibility index (Phi) is 3.79. The van der Waals surface area contributed by atoms with Gasteiger partial charge in [0.1, 0.15) is 0 Å². The number of hydrogen-bond acceptors (Lipinski definition) is 3. The molecule has 1 saturated carbocycles. The van der Waals surface area contributed by atoms with Gasteiger partial charge in [0.25, 0.3) is 0 Å². The maximum Gasteiger partial charge on any atom is 0.233 e. The molecule has 0 bridgehead atoms. The Morgan fingerprint density at radius 2 is 1.71 bits per heavy atom. The van der Waals surface area contributed by atoms with Crippen molar-refractivity contribution in [2.75, 3.05) is 27.3 Å². The molecule has 0 atom stereocenters. The second kappa shape index (κ2) is 5.58. The normalized spacial score (nSPS) is 20.0. The highest BCUT2D eigenvalue weighted by molar-refractivity contribution is 5.91. The second-order valence-electron chi connectivity index (χ2n) is 6.00. The van der Waals surface area contributed by atoms with E-state index in [0.717, 1.165) is 44.3 Å². The van der Waals surface area contributed by atoms with Crippen molar-refractivity contribution in [3.63, 3.8) is 0 Å². The zero-order valence-corrected chi connectivity index (χ0v) is 12.9. The number of amides is 1. The lowest BCUT2D eigenvalue weighted by Crippen LogP contribution is -2.42. The van der Waals surface area contributed by atoms with Crippen molar-refractivity contribution >= 4 is 5.91 Å². The molecule has 4 heteroatoms. The fourth-order valence-corrected chi connectivity index (χ4v) is 3.28. The van der Waals surface area contributed by atoms with Crippen molar-refractivity contribution in [1.82, 2.24) is 4.90 Å². The maximum absolute atomic E-state index is 12.9. The number of piperidine rings is 1. The summed E-state index contributed by atoms with van der Waals surface area (Å²) in [5, 5.41) is 0. The number of likely N-dealkylation sites (tertiary alicyclic amines) is 1. The number of rotatable bonds is 4. The molecule has 21 heavy (non-hydrogen) atoms. The monoisotopic (exact) mass is 289 g/mol. The van der Waals surface area contributed by atoms with Crippen molar-refractivity contribution in [2.24, 2.45) is 0 Å². The highest BCUT2D eigenvalue weighted by Gasteiger charge is 2.53. The third-order valence-electron chi connectivity index (χ3n) is 4.74. The van der Waals surface area contributed by atoms with Crippen LogP contribution in [0.5, 0.6) is 11.5 Å². The molecule has 0 N–H and O–H groups in total. The highest BCUT2D eigenvalue weighted by Crippen LogP contribution is 2.51. The second-order valence-corrected chi connectivity index (χ2v) is 6.00. The first kappa shape index (κ1) is 14.2. The first-order chi connectivity index (χ1) is 10.2. The maximum atomic E-state index is 12.9. The smallest absolute Gasteiger partial charge is 0.233 e. The van der Waals surface area contributed by atoms with Gasteiger partial charge in [0.05, 0.1) is 19.6 Å². The summed E-state index contributed by atoms with van der Waals surface area (Å²) in [7, 11) is 3.26. The Morgan fingerprint density at radius 1 is 1.05 bits per heavy atom. The van der Waals surface area contributed by atoms with Crippen LogP contribution in [0.3, 0.4) is 0 Å². The molecule has 1 aliphatic carbocycles. The standard InChI is InChI=1S/C17H23NO3/c1-20-14-7-6-13(12-15(14)21-2)17(8-9-17)16(19)18-10-4-3-5-11-18/h6-7,12H,3-5,8-11H2,1-2H3. The Hall–Kier alpha value is -1.71. The zero-order chi connectivity index (χ0) is 14.9. The van der Waals surface area contributed by atoms with E-state index in [1.807, 2.05) is 23.1 Å². The summed E-state index contributed by atoms with van der Waals surface area (Å²) in [6.07, 6.45) is 5.39. The Balaban J connectivity index is 1.86. The number of carbonyl (C=O) groups is 1. The molecule has 1 amide bonds. The minimum absolute atomic E-state index is 0.300. The topological polar surface area (TPSA) is 38.8 Å². The lowest BCUT2D eigenvalue weighted by atomic mass is 9.93. The van der Waals surface area contributed by atoms with E-state index in [2.05, 4.69) is 0 Å². The van der Waals surface area contributed by atoms with Gasteiger partial charge in [-0.25, -0.2) is 0 Å². The Morgan fingerprint density at radius 3 is 2.29 bits per heavy atom. The largest absolute Gasteiger partial charge is 0.493 e. The van der Waals surface area contributed by atoms with Gasteiger partial charge < -0.3 is 14.4 Å². The Bertz CT molecular complexity index is 531. The van der Waals surface area contributed by atoms with Crippen LogP contribution < -0.4 is 9.47 Å². The van der Waals surface area contributed by atoms with Crippen LogP contribution in [0.1, 0.15) is 37.7 Å². The van der Waals surface area contributed by atoms with Gasteiger partial charge in [0, 0.05) is 13.1 Å². The van der Waals surface area contributed by atoms with Crippen LogP contribution in [-0.4, -0.2) is 38.1 Å². The van der Waals surface area contributed by atoms with E-state index in [4.69, 9.17) is 9.47 Å². The third kappa shape index (κ3) is 2.47. The summed E-state index contributed by atoms with van der Waals surface area (Å²) in [4.78, 5) is 14.9. The highest BCUT2D eigenvalue weighted by atomic mass is 16.5. The molecule has 1 aromatic rings. The quantitative estimate of drug-likeness (QED) is 0.855. The van der Waals surface area contributed by atoms with Crippen LogP contribution in [0, 0.1) is 0 Å². The van der Waals surface area contributed by atoms with Gasteiger partial charge in [-0.05, 0) is 49.8 Å². The third-order valence-corrected chi connectivity index (χ3v) is 4.74. The van der Waals surface area contributed by atoms with Crippen LogP contribution in [0.4, 0.5) is 0 Å². The van der Waals surface area contributed by atoms with E-state index < -0.39 is 0 Å². The van der Waals surface area contributed by atoms with Crippen molar-refractivity contribution in [2.45, 2.75) is 37.5 Å². The number of carbonyl (C=O) groups excluding carboxylic acids is 1. The van der Waals surface area contributed by atoms with Gasteiger partial charge in [-0.2, -0.15) is 0 Å². The fraction of sp³-hybridized carbons (Fsp3) is 0.588. The van der Waals surface area contributed by atoms with Crippen molar-refractivity contribution in [1.29, 1.82) is 0 Å². The molecule has 3 rings (SSSR count). The molecule has 1 saturated heterocycles. The first-order valence-corrected chi connectivity index (χ1v) is 7.73. The number of methoxy groups -OCH3 is 2. The molecule has 2 aliphatic rings. The molecule has 4 nitrogen and oxygen atoms in total. The molecule has 0 aromatic heterocycles. The predicted octanol–water partition coefficient (Wildman–Crippen LogP) is 2.75. The van der Waals surface area contributed by atoms with Gasteiger partial charge in [-0.3, -0.25) is 4.79 Å². The number of hydrogen-bond donors (Lipinski definition) is 0. The predicted molar refractivity (Wildman–Crippen MR) is 80.9 cm³/mol. The SMILES string of the molecule is COc1ccc(C2(C(=O)N3CCCCC3)CC2)cc1OC. The van der Waals surface area contributed by atoms with E-state index in [-0.39, 0.29) is 5.41 Å². The average molecular weight is 289 g/mol. The summed E-state index contributed by atoms with van der Waals surface area (Å²) in [6.45, 7) is 1.82. The summed E-state index contributed by atoms with van der Waals surface area (Å²) in [5.41, 5.74) is 0.757. The first-order valence-electron chi connectivity index (χ1n) is 7.73. The van der Waals surface area contributed by atoms with Crippen molar-refractivity contribution in [3.05, 3.63) is 23.8 Å². The van der Waals surface area contributed by atoms with Crippen LogP contribution in [0.15, 0.2) is 18.2 Å². The summed E-state index contributed by atoms with van der Waals surface area (Å²) in [6, 6.07) is 5.88. The van der Waals surface area contributed by atoms with E-state index >= 15 is 0 Å². The number of nitrogens with zero attached hydrogens (tertiary/aromatic N) is 1. The van der Waals surface area contributed by atoms with Gasteiger partial charge in [0.2, 0.25) is 5.91 Å². The van der Waals surface area contributed by atoms with Crippen LogP contribution in [0.2, 0.25) is 0 Å². The van der Waals surface area contributed by atoms with E-state index in [9.17, 15) is 4.79 Å². The van der Waals surface area contributed by atoms with Crippen LogP contribution in [0.25, 0.3) is 0 Å². The van der Waals surface area contributed by atoms with E-state index in [1.54, 1.807) is 14.2 Å². The van der Waals surface area contributed by atoms with Crippen LogP contribution in [-0.2, 0) is 10.2 Å². The molecule has 1 heterocycles. The lowest BCUT2D eigenvalue weighted by Gasteiger charge is -2.31. The molecule has 0 radical (unpaired) electrons. The molecule has 1 aliphatic heterocycles. The van der Waals surface area contributed by atoms with E-state index in [1.165, 1.54) is 6.42 Å². The molecule has 1 aromatic carbocycles. The van der Waals surface area contributed by atoms with Crippen molar-refractivity contribution in [3.8, 4) is 11.5 Å². The number of ether oxygens (including phenoxy) is 2. The molecule has 114 valence electrons.